The van der Waals surface area contributed by atoms with Crippen molar-refractivity contribution in [2.45, 2.75) is 82.5 Å². The Balaban J connectivity index is 1.27. The van der Waals surface area contributed by atoms with Gasteiger partial charge in [-0.05, 0) is 75.8 Å². The fraction of sp³-hybridized carbons (Fsp3) is 0.571. The highest BCUT2D eigenvalue weighted by Gasteiger charge is 2.48. The third kappa shape index (κ3) is 6.96. The predicted octanol–water partition coefficient (Wildman–Crippen LogP) is 8.76. The van der Waals surface area contributed by atoms with Crippen LogP contribution in [0.4, 0.5) is 35.1 Å². The van der Waals surface area contributed by atoms with Gasteiger partial charge < -0.3 is 14.2 Å². The number of hydrogen-bond acceptors (Lipinski definition) is 3. The minimum atomic E-state index is -3.85. The van der Waals surface area contributed by atoms with Crippen LogP contribution in [0.3, 0.4) is 0 Å². The van der Waals surface area contributed by atoms with Gasteiger partial charge >= 0.3 is 12.2 Å². The van der Waals surface area contributed by atoms with Crippen molar-refractivity contribution in [3.63, 3.8) is 0 Å². The number of halogens is 8. The Labute approximate surface area is 221 Å². The Hall–Kier alpha value is -2.56. The summed E-state index contributed by atoms with van der Waals surface area (Å²) in [6, 6.07) is 5.22. The lowest BCUT2D eigenvalue weighted by molar-refractivity contribution is -0.305. The third-order valence-electron chi connectivity index (χ3n) is 7.61. The summed E-state index contributed by atoms with van der Waals surface area (Å²) >= 11 is 0. The quantitative estimate of drug-likeness (QED) is 0.224. The number of benzene rings is 2. The molecule has 0 unspecified atom stereocenters. The number of rotatable bonds is 9. The van der Waals surface area contributed by atoms with E-state index in [4.69, 9.17) is 9.47 Å². The van der Waals surface area contributed by atoms with E-state index in [1.54, 1.807) is 19.1 Å². The lowest BCUT2D eigenvalue weighted by Gasteiger charge is -2.38. The van der Waals surface area contributed by atoms with Crippen molar-refractivity contribution in [3.05, 3.63) is 59.2 Å². The molecule has 0 spiro atoms. The van der Waals surface area contributed by atoms with Crippen LogP contribution in [0.25, 0.3) is 0 Å². The summed E-state index contributed by atoms with van der Waals surface area (Å²) < 4.78 is 128. The van der Waals surface area contributed by atoms with Crippen LogP contribution in [-0.4, -0.2) is 24.9 Å². The molecule has 0 atom stereocenters. The van der Waals surface area contributed by atoms with E-state index in [-0.39, 0.29) is 44.4 Å². The summed E-state index contributed by atoms with van der Waals surface area (Å²) in [6.07, 6.45) is -7.92. The van der Waals surface area contributed by atoms with Crippen molar-refractivity contribution in [1.29, 1.82) is 0 Å². The van der Waals surface area contributed by atoms with Crippen LogP contribution in [0.5, 0.6) is 11.5 Å². The second-order valence-corrected chi connectivity index (χ2v) is 10.2. The van der Waals surface area contributed by atoms with E-state index in [9.17, 15) is 35.1 Å². The molecule has 4 rings (SSSR count). The van der Waals surface area contributed by atoms with Crippen LogP contribution in [0.1, 0.15) is 69.8 Å². The lowest BCUT2D eigenvalue weighted by Crippen LogP contribution is -2.42. The maximum atomic E-state index is 15.0. The summed E-state index contributed by atoms with van der Waals surface area (Å²) in [5, 5.41) is 0. The molecular weight excluding hydrogens is 536 g/mol. The second-order valence-electron chi connectivity index (χ2n) is 10.2. The minimum absolute atomic E-state index is 0.0852. The van der Waals surface area contributed by atoms with Crippen LogP contribution in [-0.2, 0) is 4.74 Å². The summed E-state index contributed by atoms with van der Waals surface area (Å²) in [7, 11) is 0. The van der Waals surface area contributed by atoms with Gasteiger partial charge in [-0.3, -0.25) is 0 Å². The van der Waals surface area contributed by atoms with Gasteiger partial charge in [0, 0.05) is 18.2 Å². The highest BCUT2D eigenvalue weighted by molar-refractivity contribution is 5.31. The molecular formula is C28H30F8O3. The topological polar surface area (TPSA) is 27.7 Å². The van der Waals surface area contributed by atoms with Gasteiger partial charge in [0.2, 0.25) is 0 Å². The van der Waals surface area contributed by atoms with Gasteiger partial charge in [0.05, 0.1) is 24.5 Å². The summed E-state index contributed by atoms with van der Waals surface area (Å²) in [5.74, 6) is -8.72. The van der Waals surface area contributed by atoms with Gasteiger partial charge in [-0.15, -0.1) is 0 Å². The number of hydrogen-bond donors (Lipinski definition) is 0. The molecule has 2 aliphatic carbocycles. The molecule has 0 saturated heterocycles. The van der Waals surface area contributed by atoms with Crippen LogP contribution >= 0.6 is 0 Å². The maximum Gasteiger partial charge on any atom is 0.400 e. The molecule has 0 bridgehead atoms. The molecule has 0 amide bonds. The smallest absolute Gasteiger partial charge is 0.400 e. The molecule has 2 aromatic carbocycles. The van der Waals surface area contributed by atoms with Gasteiger partial charge in [0.15, 0.2) is 17.5 Å². The van der Waals surface area contributed by atoms with E-state index in [1.165, 1.54) is 6.07 Å². The summed E-state index contributed by atoms with van der Waals surface area (Å²) in [4.78, 5) is 0. The molecule has 2 aromatic rings. The van der Waals surface area contributed by atoms with Crippen LogP contribution in [0, 0.1) is 35.1 Å². The van der Waals surface area contributed by atoms with Crippen LogP contribution in [0.15, 0.2) is 30.3 Å². The van der Waals surface area contributed by atoms with Gasteiger partial charge in [-0.2, -0.15) is 17.6 Å². The average Bonchev–Trinajstić information content (AvgIpc) is 2.87. The zero-order valence-corrected chi connectivity index (χ0v) is 21.3. The highest BCUT2D eigenvalue weighted by Crippen LogP contribution is 2.46. The average molecular weight is 567 g/mol. The minimum Gasteiger partial charge on any atom is -0.494 e. The predicted molar refractivity (Wildman–Crippen MR) is 126 cm³/mol. The van der Waals surface area contributed by atoms with E-state index >= 15 is 0 Å². The molecule has 3 nitrogen and oxygen atoms in total. The second kappa shape index (κ2) is 11.9. The number of ether oxygens (including phenoxy) is 3. The van der Waals surface area contributed by atoms with Gasteiger partial charge in [-0.1, -0.05) is 6.07 Å². The van der Waals surface area contributed by atoms with Gasteiger partial charge in [0.25, 0.3) is 0 Å². The normalized spacial score (nSPS) is 24.4. The molecule has 2 aliphatic rings. The molecule has 11 heteroatoms. The fourth-order valence-corrected chi connectivity index (χ4v) is 5.50. The monoisotopic (exact) mass is 566 g/mol. The van der Waals surface area contributed by atoms with E-state index < -0.39 is 59.2 Å². The summed E-state index contributed by atoms with van der Waals surface area (Å²) in [5.41, 5.74) is 0.466. The Kier molecular flexibility index (Phi) is 8.98. The van der Waals surface area contributed by atoms with Crippen molar-refractivity contribution < 1.29 is 49.3 Å². The molecule has 0 aromatic heterocycles. The zero-order chi connectivity index (χ0) is 28.4. The SMILES string of the molecule is CCOc1ccc(C2CCC(C(F)(F)OC3CCC(C(F)(F)Oc4cc(F)c(F)c(F)c4)CC3)CC2)c(F)c1. The molecule has 2 fully saturated rings. The maximum absolute atomic E-state index is 15.0. The third-order valence-corrected chi connectivity index (χ3v) is 7.61. The van der Waals surface area contributed by atoms with E-state index in [2.05, 4.69) is 4.74 Å². The molecule has 216 valence electrons. The van der Waals surface area contributed by atoms with E-state index in [0.717, 1.165) is 0 Å². The Morgan fingerprint density at radius 2 is 1.23 bits per heavy atom. The van der Waals surface area contributed by atoms with Crippen LogP contribution < -0.4 is 9.47 Å². The van der Waals surface area contributed by atoms with Crippen LogP contribution in [0.2, 0.25) is 0 Å². The Bertz CT molecular complexity index is 1100. The standard InChI is InChI=1S/C28H30F8O3/c1-2-37-20-11-12-22(23(29)13-20)16-3-5-17(6-4-16)27(33,34)38-19-9-7-18(8-10-19)28(35,36)39-21-14-24(30)26(32)25(31)15-21/h11-19H,2-10H2,1H3. The molecule has 2 saturated carbocycles. The van der Waals surface area contributed by atoms with Crippen molar-refractivity contribution in [2.24, 2.45) is 11.8 Å². The Morgan fingerprint density at radius 1 is 0.692 bits per heavy atom. The summed E-state index contributed by atoms with van der Waals surface area (Å²) in [6.45, 7) is 2.18. The molecule has 0 aliphatic heterocycles. The fourth-order valence-electron chi connectivity index (χ4n) is 5.50. The van der Waals surface area contributed by atoms with E-state index in [0.29, 0.717) is 42.9 Å². The number of alkyl halides is 4. The van der Waals surface area contributed by atoms with Crippen molar-refractivity contribution in [3.8, 4) is 11.5 Å². The van der Waals surface area contributed by atoms with E-state index in [1.807, 2.05) is 0 Å². The highest BCUT2D eigenvalue weighted by atomic mass is 19.3. The molecule has 0 heterocycles. The van der Waals surface area contributed by atoms with Crippen molar-refractivity contribution in [2.75, 3.05) is 6.61 Å². The molecule has 0 N–H and O–H groups in total. The molecule has 39 heavy (non-hydrogen) atoms. The largest absolute Gasteiger partial charge is 0.494 e. The first kappa shape index (κ1) is 29.4. The first-order valence-corrected chi connectivity index (χ1v) is 13.1. The molecule has 0 radical (unpaired) electrons. The van der Waals surface area contributed by atoms with Gasteiger partial charge in [0.1, 0.15) is 17.3 Å². The van der Waals surface area contributed by atoms with Crippen molar-refractivity contribution in [1.82, 2.24) is 0 Å². The Morgan fingerprint density at radius 3 is 1.79 bits per heavy atom. The first-order chi connectivity index (χ1) is 18.4. The first-order valence-electron chi connectivity index (χ1n) is 13.1. The zero-order valence-electron chi connectivity index (χ0n) is 21.3. The van der Waals surface area contributed by atoms with Crippen molar-refractivity contribution >= 4 is 0 Å². The van der Waals surface area contributed by atoms with Gasteiger partial charge in [-0.25, -0.2) is 17.6 Å². The lowest BCUT2D eigenvalue weighted by atomic mass is 9.78.